The largest absolute Gasteiger partial charge is 0.443 e. The average molecular weight is 148 g/mol. The monoisotopic (exact) mass is 148 g/mol. The Balaban J connectivity index is 2.67. The lowest BCUT2D eigenvalue weighted by atomic mass is 10.3. The second-order valence-corrected chi connectivity index (χ2v) is 2.28. The number of nitrogens with zero attached hydrogens (tertiary/aromatic N) is 1. The van der Waals surface area contributed by atoms with Gasteiger partial charge in [-0.2, -0.15) is 0 Å². The SMILES string of the molecule is CNc1ccc2ocnc2c1. The van der Waals surface area contributed by atoms with Gasteiger partial charge in [-0.05, 0) is 18.2 Å². The van der Waals surface area contributed by atoms with E-state index in [-0.39, 0.29) is 0 Å². The smallest absolute Gasteiger partial charge is 0.181 e. The van der Waals surface area contributed by atoms with E-state index in [4.69, 9.17) is 4.42 Å². The van der Waals surface area contributed by atoms with Gasteiger partial charge in [0.15, 0.2) is 12.0 Å². The second-order valence-electron chi connectivity index (χ2n) is 2.28. The molecule has 0 atom stereocenters. The molecule has 1 N–H and O–H groups in total. The van der Waals surface area contributed by atoms with Crippen molar-refractivity contribution < 1.29 is 4.42 Å². The fourth-order valence-electron chi connectivity index (χ4n) is 1.01. The third kappa shape index (κ3) is 0.941. The zero-order valence-electron chi connectivity index (χ0n) is 6.16. The molecule has 0 amide bonds. The van der Waals surface area contributed by atoms with E-state index in [2.05, 4.69) is 10.3 Å². The summed E-state index contributed by atoms with van der Waals surface area (Å²) < 4.78 is 5.08. The van der Waals surface area contributed by atoms with E-state index in [1.54, 1.807) is 0 Å². The quantitative estimate of drug-likeness (QED) is 0.670. The number of anilines is 1. The van der Waals surface area contributed by atoms with Crippen LogP contribution in [0.2, 0.25) is 0 Å². The fourth-order valence-corrected chi connectivity index (χ4v) is 1.01. The third-order valence-electron chi connectivity index (χ3n) is 1.62. The van der Waals surface area contributed by atoms with E-state index in [0.717, 1.165) is 16.8 Å². The van der Waals surface area contributed by atoms with Gasteiger partial charge in [0.05, 0.1) is 0 Å². The van der Waals surface area contributed by atoms with E-state index in [9.17, 15) is 0 Å². The van der Waals surface area contributed by atoms with Crippen LogP contribution in [0.3, 0.4) is 0 Å². The van der Waals surface area contributed by atoms with Crippen molar-refractivity contribution in [1.29, 1.82) is 0 Å². The number of hydrogen-bond donors (Lipinski definition) is 1. The number of aromatic nitrogens is 1. The van der Waals surface area contributed by atoms with Gasteiger partial charge in [0.2, 0.25) is 0 Å². The van der Waals surface area contributed by atoms with E-state index in [0.29, 0.717) is 0 Å². The lowest BCUT2D eigenvalue weighted by molar-refractivity contribution is 0.602. The highest BCUT2D eigenvalue weighted by Gasteiger charge is 1.96. The Labute approximate surface area is 64.0 Å². The maximum Gasteiger partial charge on any atom is 0.181 e. The van der Waals surface area contributed by atoms with Crippen LogP contribution in [0.4, 0.5) is 5.69 Å². The third-order valence-corrected chi connectivity index (χ3v) is 1.62. The van der Waals surface area contributed by atoms with Crippen molar-refractivity contribution in [2.24, 2.45) is 0 Å². The fraction of sp³-hybridized carbons (Fsp3) is 0.125. The molecule has 1 heterocycles. The maximum absolute atomic E-state index is 5.08. The van der Waals surface area contributed by atoms with Crippen molar-refractivity contribution >= 4 is 16.8 Å². The zero-order valence-corrected chi connectivity index (χ0v) is 6.16. The predicted molar refractivity (Wildman–Crippen MR) is 43.6 cm³/mol. The highest BCUT2D eigenvalue weighted by atomic mass is 16.3. The predicted octanol–water partition coefficient (Wildman–Crippen LogP) is 1.87. The van der Waals surface area contributed by atoms with Crippen molar-refractivity contribution in [1.82, 2.24) is 4.98 Å². The van der Waals surface area contributed by atoms with Crippen LogP contribution in [0.5, 0.6) is 0 Å². The van der Waals surface area contributed by atoms with Crippen molar-refractivity contribution in [2.75, 3.05) is 12.4 Å². The highest BCUT2D eigenvalue weighted by Crippen LogP contribution is 2.16. The van der Waals surface area contributed by atoms with Crippen LogP contribution in [-0.4, -0.2) is 12.0 Å². The van der Waals surface area contributed by atoms with Gasteiger partial charge >= 0.3 is 0 Å². The van der Waals surface area contributed by atoms with Crippen molar-refractivity contribution in [3.8, 4) is 0 Å². The Bertz CT molecular complexity index is 367. The average Bonchev–Trinajstić information content (AvgIpc) is 2.50. The standard InChI is InChI=1S/C8H8N2O/c1-9-6-2-3-8-7(4-6)10-5-11-8/h2-5,9H,1H3. The maximum atomic E-state index is 5.08. The molecular weight excluding hydrogens is 140 g/mol. The first kappa shape index (κ1) is 6.22. The molecule has 0 unspecified atom stereocenters. The zero-order chi connectivity index (χ0) is 7.68. The molecule has 0 saturated heterocycles. The summed E-state index contributed by atoms with van der Waals surface area (Å²) in [5, 5.41) is 3.03. The normalized spacial score (nSPS) is 10.3. The van der Waals surface area contributed by atoms with Crippen molar-refractivity contribution in [3.63, 3.8) is 0 Å². The minimum absolute atomic E-state index is 0.823. The van der Waals surface area contributed by atoms with Gasteiger partial charge < -0.3 is 9.73 Å². The Hall–Kier alpha value is -1.51. The van der Waals surface area contributed by atoms with Crippen molar-refractivity contribution in [3.05, 3.63) is 24.6 Å². The molecule has 2 aromatic rings. The molecule has 0 saturated carbocycles. The lowest BCUT2D eigenvalue weighted by Gasteiger charge is -1.96. The van der Waals surface area contributed by atoms with Crippen LogP contribution in [0, 0.1) is 0 Å². The molecule has 1 aromatic carbocycles. The number of rotatable bonds is 1. The van der Waals surface area contributed by atoms with Gasteiger partial charge in [0.25, 0.3) is 0 Å². The topological polar surface area (TPSA) is 38.1 Å². The highest BCUT2D eigenvalue weighted by molar-refractivity contribution is 5.76. The molecule has 2 rings (SSSR count). The summed E-state index contributed by atoms with van der Waals surface area (Å²) in [7, 11) is 1.88. The summed E-state index contributed by atoms with van der Waals surface area (Å²) in [6.45, 7) is 0. The number of benzene rings is 1. The molecule has 0 aliphatic rings. The number of hydrogen-bond acceptors (Lipinski definition) is 3. The summed E-state index contributed by atoms with van der Waals surface area (Å²) in [4.78, 5) is 4.02. The van der Waals surface area contributed by atoms with Crippen LogP contribution in [0.25, 0.3) is 11.1 Å². The molecule has 0 aliphatic carbocycles. The Kier molecular flexibility index (Phi) is 1.28. The lowest BCUT2D eigenvalue weighted by Crippen LogP contribution is -1.85. The molecule has 3 heteroatoms. The van der Waals surface area contributed by atoms with Gasteiger partial charge in [-0.25, -0.2) is 4.98 Å². The Morgan fingerprint density at radius 3 is 3.18 bits per heavy atom. The molecule has 0 aliphatic heterocycles. The van der Waals surface area contributed by atoms with E-state index >= 15 is 0 Å². The summed E-state index contributed by atoms with van der Waals surface area (Å²) in [6, 6.07) is 5.79. The summed E-state index contributed by atoms with van der Waals surface area (Å²) >= 11 is 0. The molecule has 56 valence electrons. The number of oxazole rings is 1. The van der Waals surface area contributed by atoms with E-state index in [1.165, 1.54) is 6.39 Å². The first-order valence-electron chi connectivity index (χ1n) is 3.41. The van der Waals surface area contributed by atoms with Gasteiger partial charge in [0, 0.05) is 12.7 Å². The minimum Gasteiger partial charge on any atom is -0.443 e. The van der Waals surface area contributed by atoms with Gasteiger partial charge in [-0.1, -0.05) is 0 Å². The van der Waals surface area contributed by atoms with Crippen LogP contribution >= 0.6 is 0 Å². The summed E-state index contributed by atoms with van der Waals surface area (Å²) in [5.41, 5.74) is 2.76. The molecule has 3 nitrogen and oxygen atoms in total. The van der Waals surface area contributed by atoms with Crippen LogP contribution < -0.4 is 5.32 Å². The number of fused-ring (bicyclic) bond motifs is 1. The van der Waals surface area contributed by atoms with Crippen molar-refractivity contribution in [2.45, 2.75) is 0 Å². The molecule has 0 spiro atoms. The summed E-state index contributed by atoms with van der Waals surface area (Å²) in [6.07, 6.45) is 1.45. The first-order chi connectivity index (χ1) is 5.40. The second kappa shape index (κ2) is 2.27. The molecule has 11 heavy (non-hydrogen) atoms. The van der Waals surface area contributed by atoms with E-state index in [1.807, 2.05) is 25.2 Å². The van der Waals surface area contributed by atoms with Crippen LogP contribution in [0.1, 0.15) is 0 Å². The van der Waals surface area contributed by atoms with Gasteiger partial charge in [-0.15, -0.1) is 0 Å². The minimum atomic E-state index is 0.823. The molecule has 0 bridgehead atoms. The molecule has 0 radical (unpaired) electrons. The molecular formula is C8H8N2O. The van der Waals surface area contributed by atoms with E-state index < -0.39 is 0 Å². The van der Waals surface area contributed by atoms with Crippen LogP contribution in [0.15, 0.2) is 29.0 Å². The Morgan fingerprint density at radius 2 is 2.36 bits per heavy atom. The van der Waals surface area contributed by atoms with Gasteiger partial charge in [-0.3, -0.25) is 0 Å². The molecule has 1 aromatic heterocycles. The summed E-state index contributed by atoms with van der Waals surface area (Å²) in [5.74, 6) is 0. The van der Waals surface area contributed by atoms with Gasteiger partial charge in [0.1, 0.15) is 5.52 Å². The Morgan fingerprint density at radius 1 is 1.45 bits per heavy atom. The molecule has 0 fully saturated rings. The van der Waals surface area contributed by atoms with Crippen LogP contribution in [-0.2, 0) is 0 Å². The first-order valence-corrected chi connectivity index (χ1v) is 3.41. The number of nitrogens with one attached hydrogen (secondary N) is 1.